The number of hydrogen-bond acceptors (Lipinski definition) is 8. The molecule has 0 saturated carbocycles. The van der Waals surface area contributed by atoms with Crippen LogP contribution in [0, 0.1) is 6.92 Å². The van der Waals surface area contributed by atoms with Gasteiger partial charge in [0.2, 0.25) is 0 Å². The number of carboxylic acid groups (broad SMARTS) is 1. The van der Waals surface area contributed by atoms with Gasteiger partial charge in [0.25, 0.3) is 0 Å². The molecule has 2 aliphatic rings. The van der Waals surface area contributed by atoms with Gasteiger partial charge in [0.05, 0.1) is 34.0 Å². The number of aliphatic carboxylic acids is 1. The third-order valence-corrected chi connectivity index (χ3v) is 8.31. The average Bonchev–Trinajstić information content (AvgIpc) is 3.24. The number of rotatable bonds is 6. The lowest BCUT2D eigenvalue weighted by atomic mass is 9.89. The van der Waals surface area contributed by atoms with Gasteiger partial charge in [-0.05, 0) is 63.1 Å². The van der Waals surface area contributed by atoms with E-state index in [0.717, 1.165) is 68.2 Å². The van der Waals surface area contributed by atoms with Crippen LogP contribution in [0.25, 0.3) is 32.2 Å². The van der Waals surface area contributed by atoms with E-state index >= 15 is 0 Å². The SMILES string of the molecule is COC1CN(c2nc3cc(C)c([C@H](OC(C)(C)C)C(=O)O)c(-c4ccc5c6c(ccnc46)CCO5)c3s2)C1. The van der Waals surface area contributed by atoms with Crippen molar-refractivity contribution in [1.29, 1.82) is 0 Å². The molecule has 0 radical (unpaired) electrons. The number of methoxy groups -OCH3 is 1. The first-order valence-electron chi connectivity index (χ1n) is 12.8. The summed E-state index contributed by atoms with van der Waals surface area (Å²) in [5.41, 5.74) is 5.26. The van der Waals surface area contributed by atoms with E-state index in [1.54, 1.807) is 18.4 Å². The number of hydrogen-bond donors (Lipinski definition) is 1. The van der Waals surface area contributed by atoms with Crippen LogP contribution in [0.15, 0.2) is 30.5 Å². The highest BCUT2D eigenvalue weighted by molar-refractivity contribution is 7.22. The van der Waals surface area contributed by atoms with Crippen molar-refractivity contribution in [3.8, 4) is 16.9 Å². The van der Waals surface area contributed by atoms with Crippen molar-refractivity contribution in [2.75, 3.05) is 31.7 Å². The molecular formula is C29H31N3O5S. The first kappa shape index (κ1) is 25.0. The van der Waals surface area contributed by atoms with Crippen molar-refractivity contribution in [2.24, 2.45) is 0 Å². The van der Waals surface area contributed by atoms with Crippen LogP contribution < -0.4 is 9.64 Å². The van der Waals surface area contributed by atoms with E-state index in [1.165, 1.54) is 5.56 Å². The van der Waals surface area contributed by atoms with Gasteiger partial charge < -0.3 is 24.2 Å². The van der Waals surface area contributed by atoms with Crippen LogP contribution in [0.5, 0.6) is 5.75 Å². The van der Waals surface area contributed by atoms with E-state index in [0.29, 0.717) is 12.2 Å². The first-order chi connectivity index (χ1) is 18.1. The minimum Gasteiger partial charge on any atom is -0.493 e. The van der Waals surface area contributed by atoms with Crippen LogP contribution >= 0.6 is 11.3 Å². The number of fused-ring (bicyclic) bond motifs is 1. The van der Waals surface area contributed by atoms with E-state index < -0.39 is 17.7 Å². The highest BCUT2D eigenvalue weighted by Crippen LogP contribution is 2.47. The molecule has 1 atom stereocenters. The number of aromatic nitrogens is 2. The van der Waals surface area contributed by atoms with Crippen molar-refractivity contribution in [1.82, 2.24) is 9.97 Å². The number of thiazole rings is 1. The summed E-state index contributed by atoms with van der Waals surface area (Å²) in [6.07, 6.45) is 1.66. The number of pyridine rings is 1. The number of ether oxygens (including phenoxy) is 3. The fourth-order valence-corrected chi connectivity index (χ4v) is 6.51. The van der Waals surface area contributed by atoms with Crippen molar-refractivity contribution < 1.29 is 24.1 Å². The van der Waals surface area contributed by atoms with Crippen molar-refractivity contribution >= 4 is 43.6 Å². The van der Waals surface area contributed by atoms with Gasteiger partial charge in [-0.25, -0.2) is 9.78 Å². The molecule has 8 nitrogen and oxygen atoms in total. The highest BCUT2D eigenvalue weighted by Gasteiger charge is 2.35. The zero-order valence-corrected chi connectivity index (χ0v) is 23.0. The van der Waals surface area contributed by atoms with E-state index in [1.807, 2.05) is 58.2 Å². The van der Waals surface area contributed by atoms with Crippen LogP contribution in [0.3, 0.4) is 0 Å². The van der Waals surface area contributed by atoms with Crippen LogP contribution in [0.1, 0.15) is 43.6 Å². The average molecular weight is 534 g/mol. The van der Waals surface area contributed by atoms with Crippen molar-refractivity contribution in [3.05, 3.63) is 47.2 Å². The molecule has 1 fully saturated rings. The maximum absolute atomic E-state index is 12.7. The molecule has 2 aliphatic heterocycles. The smallest absolute Gasteiger partial charge is 0.337 e. The Kier molecular flexibility index (Phi) is 6.05. The summed E-state index contributed by atoms with van der Waals surface area (Å²) in [6, 6.07) is 7.98. The number of benzene rings is 2. The van der Waals surface area contributed by atoms with Crippen LogP contribution in [-0.2, 0) is 20.7 Å². The summed E-state index contributed by atoms with van der Waals surface area (Å²) >= 11 is 1.57. The van der Waals surface area contributed by atoms with Crippen LogP contribution in [-0.4, -0.2) is 59.6 Å². The summed E-state index contributed by atoms with van der Waals surface area (Å²) in [4.78, 5) is 24.7. The monoisotopic (exact) mass is 533 g/mol. The molecular weight excluding hydrogens is 502 g/mol. The van der Waals surface area contributed by atoms with E-state index in [4.69, 9.17) is 24.2 Å². The first-order valence-corrected chi connectivity index (χ1v) is 13.6. The zero-order chi connectivity index (χ0) is 26.8. The normalized spacial score (nSPS) is 16.5. The van der Waals surface area contributed by atoms with E-state index in [2.05, 4.69) is 4.90 Å². The maximum atomic E-state index is 12.7. The molecule has 198 valence electrons. The summed E-state index contributed by atoms with van der Waals surface area (Å²) in [6.45, 7) is 9.74. The minimum atomic E-state index is -1.16. The minimum absolute atomic E-state index is 0.194. The van der Waals surface area contributed by atoms with Gasteiger partial charge in [-0.2, -0.15) is 0 Å². The second kappa shape index (κ2) is 9.18. The summed E-state index contributed by atoms with van der Waals surface area (Å²) < 4.78 is 18.6. The summed E-state index contributed by atoms with van der Waals surface area (Å²) in [5.74, 6) is -0.224. The number of carbonyl (C=O) groups is 1. The second-order valence-corrected chi connectivity index (χ2v) is 11.9. The van der Waals surface area contributed by atoms with Gasteiger partial charge >= 0.3 is 5.97 Å². The fourth-order valence-electron chi connectivity index (χ4n) is 5.37. The molecule has 6 rings (SSSR count). The topological polar surface area (TPSA) is 94.0 Å². The quantitative estimate of drug-likeness (QED) is 0.346. The van der Waals surface area contributed by atoms with Gasteiger partial charge in [0, 0.05) is 54.9 Å². The largest absolute Gasteiger partial charge is 0.493 e. The molecule has 0 bridgehead atoms. The van der Waals surface area contributed by atoms with E-state index in [9.17, 15) is 9.90 Å². The second-order valence-electron chi connectivity index (χ2n) is 10.9. The Balaban J connectivity index is 1.65. The molecule has 0 unspecified atom stereocenters. The molecule has 0 aliphatic carbocycles. The Bertz CT molecular complexity index is 1560. The maximum Gasteiger partial charge on any atom is 0.337 e. The molecule has 9 heteroatoms. The third kappa shape index (κ3) is 4.19. The standard InChI is InChI=1S/C29H31N3O5S/c1-15-12-19-26(38-28(31-19)32-13-17(14-32)35-5)23(21(15)25(27(33)34)37-29(2,3)4)18-6-7-20-22-16(9-11-36-20)8-10-30-24(18)22/h6-8,10,12,17,25H,9,11,13-14H2,1-5H3,(H,33,34)/t25-/m0/s1. The lowest BCUT2D eigenvalue weighted by Crippen LogP contribution is -2.51. The lowest BCUT2D eigenvalue weighted by Gasteiger charge is -2.37. The predicted molar refractivity (Wildman–Crippen MR) is 149 cm³/mol. The Morgan fingerprint density at radius 2 is 2.05 bits per heavy atom. The molecule has 1 saturated heterocycles. The molecule has 0 amide bonds. The number of aryl methyl sites for hydroxylation is 1. The Morgan fingerprint density at radius 3 is 2.76 bits per heavy atom. The Hall–Kier alpha value is -3.27. The van der Waals surface area contributed by atoms with Crippen molar-refractivity contribution in [3.63, 3.8) is 0 Å². The molecule has 38 heavy (non-hydrogen) atoms. The number of anilines is 1. The van der Waals surface area contributed by atoms with Gasteiger partial charge in [0.1, 0.15) is 5.75 Å². The molecule has 4 aromatic rings. The van der Waals surface area contributed by atoms with Gasteiger partial charge in [-0.15, -0.1) is 0 Å². The predicted octanol–water partition coefficient (Wildman–Crippen LogP) is 5.53. The Morgan fingerprint density at radius 1 is 1.26 bits per heavy atom. The third-order valence-electron chi connectivity index (χ3n) is 7.16. The van der Waals surface area contributed by atoms with Crippen LogP contribution in [0.4, 0.5) is 5.13 Å². The number of carboxylic acids is 1. The molecule has 2 aromatic carbocycles. The van der Waals surface area contributed by atoms with Crippen LogP contribution in [0.2, 0.25) is 0 Å². The lowest BCUT2D eigenvalue weighted by molar-refractivity contribution is -0.160. The molecule has 2 aromatic heterocycles. The summed E-state index contributed by atoms with van der Waals surface area (Å²) in [5, 5.41) is 12.3. The van der Waals surface area contributed by atoms with Gasteiger partial charge in [-0.1, -0.05) is 11.3 Å². The van der Waals surface area contributed by atoms with Gasteiger partial charge in [-0.3, -0.25) is 4.98 Å². The Labute approximate surface area is 225 Å². The number of nitrogens with zero attached hydrogens (tertiary/aromatic N) is 3. The molecule has 1 N–H and O–H groups in total. The van der Waals surface area contributed by atoms with E-state index in [-0.39, 0.29) is 6.10 Å². The summed E-state index contributed by atoms with van der Waals surface area (Å²) in [7, 11) is 1.73. The molecule has 4 heterocycles. The van der Waals surface area contributed by atoms with Gasteiger partial charge in [0.15, 0.2) is 11.2 Å². The van der Waals surface area contributed by atoms with Crippen molar-refractivity contribution in [2.45, 2.75) is 51.9 Å². The fraction of sp³-hybridized carbons (Fsp3) is 0.414. The molecule has 0 spiro atoms. The highest BCUT2D eigenvalue weighted by atomic mass is 32.1. The zero-order valence-electron chi connectivity index (χ0n) is 22.2.